The summed E-state index contributed by atoms with van der Waals surface area (Å²) < 4.78 is 5.51. The number of hydrogen-bond acceptors (Lipinski definition) is 4. The summed E-state index contributed by atoms with van der Waals surface area (Å²) in [5.41, 5.74) is 1.95. The lowest BCUT2D eigenvalue weighted by Crippen LogP contribution is -2.45. The minimum absolute atomic E-state index is 0.240. The van der Waals surface area contributed by atoms with Crippen molar-refractivity contribution < 1.29 is 9.63 Å². The molecule has 1 aromatic carbocycles. The molecule has 2 atom stereocenters. The minimum atomic E-state index is -0.253. The van der Waals surface area contributed by atoms with Crippen molar-refractivity contribution in [3.8, 4) is 11.3 Å². The number of aliphatic hydroxyl groups excluding tert-OH is 1. The summed E-state index contributed by atoms with van der Waals surface area (Å²) >= 11 is 0. The molecule has 0 aliphatic carbocycles. The van der Waals surface area contributed by atoms with Crippen molar-refractivity contribution in [3.63, 3.8) is 0 Å². The highest BCUT2D eigenvalue weighted by molar-refractivity contribution is 5.58. The Kier molecular flexibility index (Phi) is 4.90. The monoisotopic (exact) mass is 300 g/mol. The maximum Gasteiger partial charge on any atom is 0.151 e. The van der Waals surface area contributed by atoms with Gasteiger partial charge in [0.05, 0.1) is 12.6 Å². The predicted octanol–water partition coefficient (Wildman–Crippen LogP) is 3.47. The van der Waals surface area contributed by atoms with Crippen molar-refractivity contribution in [3.05, 3.63) is 42.2 Å². The molecule has 1 aromatic heterocycles. The third-order valence-electron chi connectivity index (χ3n) is 4.51. The highest BCUT2D eigenvalue weighted by Gasteiger charge is 2.28. The summed E-state index contributed by atoms with van der Waals surface area (Å²) in [6.07, 6.45) is 4.00. The van der Waals surface area contributed by atoms with Gasteiger partial charge in [0, 0.05) is 17.7 Å². The van der Waals surface area contributed by atoms with E-state index in [0.717, 1.165) is 42.9 Å². The van der Waals surface area contributed by atoms with Crippen molar-refractivity contribution in [1.29, 1.82) is 0 Å². The lowest BCUT2D eigenvalue weighted by molar-refractivity contribution is 0.0154. The van der Waals surface area contributed by atoms with Crippen molar-refractivity contribution in [2.24, 2.45) is 0 Å². The molecule has 0 bridgehead atoms. The second-order valence-corrected chi connectivity index (χ2v) is 6.05. The summed E-state index contributed by atoms with van der Waals surface area (Å²) in [4.78, 5) is 2.34. The fraction of sp³-hybridized carbons (Fsp3) is 0.500. The number of aromatic nitrogens is 1. The Bertz CT molecular complexity index is 582. The van der Waals surface area contributed by atoms with Crippen LogP contribution in [0.15, 0.2) is 40.9 Å². The fourth-order valence-corrected chi connectivity index (χ4v) is 3.25. The number of likely N-dealkylation sites (tertiary alicyclic amines) is 1. The van der Waals surface area contributed by atoms with Gasteiger partial charge in [0.1, 0.15) is 5.69 Å². The molecule has 4 heteroatoms. The van der Waals surface area contributed by atoms with Crippen LogP contribution in [0.25, 0.3) is 11.3 Å². The summed E-state index contributed by atoms with van der Waals surface area (Å²) in [7, 11) is 0. The largest absolute Gasteiger partial charge is 0.392 e. The first-order chi connectivity index (χ1) is 10.8. The molecule has 0 radical (unpaired) electrons. The van der Waals surface area contributed by atoms with E-state index in [4.69, 9.17) is 4.52 Å². The van der Waals surface area contributed by atoms with Crippen LogP contribution >= 0.6 is 0 Å². The summed E-state index contributed by atoms with van der Waals surface area (Å²) in [6.45, 7) is 3.78. The number of nitrogens with zero attached hydrogens (tertiary/aromatic N) is 2. The molecule has 1 N–H and O–H groups in total. The van der Waals surface area contributed by atoms with Crippen molar-refractivity contribution in [1.82, 2.24) is 10.1 Å². The molecule has 0 saturated carbocycles. The molecule has 118 valence electrons. The van der Waals surface area contributed by atoms with Crippen LogP contribution < -0.4 is 0 Å². The maximum atomic E-state index is 10.2. The zero-order valence-electron chi connectivity index (χ0n) is 13.1. The molecule has 0 spiro atoms. The molecule has 22 heavy (non-hydrogen) atoms. The molecular formula is C18H24N2O2. The second-order valence-electron chi connectivity index (χ2n) is 6.05. The van der Waals surface area contributed by atoms with Gasteiger partial charge < -0.3 is 9.63 Å². The maximum absolute atomic E-state index is 10.2. The topological polar surface area (TPSA) is 49.5 Å². The average molecular weight is 300 g/mol. The molecule has 2 unspecified atom stereocenters. The van der Waals surface area contributed by atoms with Crippen LogP contribution in [-0.4, -0.2) is 33.9 Å². The van der Waals surface area contributed by atoms with Gasteiger partial charge in [0.2, 0.25) is 0 Å². The van der Waals surface area contributed by atoms with Crippen LogP contribution in [0.5, 0.6) is 0 Å². The Morgan fingerprint density at radius 2 is 2.14 bits per heavy atom. The van der Waals surface area contributed by atoms with Crippen molar-refractivity contribution in [2.45, 2.75) is 51.3 Å². The number of rotatable bonds is 5. The summed E-state index contributed by atoms with van der Waals surface area (Å²) in [6, 6.07) is 12.3. The van der Waals surface area contributed by atoms with E-state index in [9.17, 15) is 5.11 Å². The van der Waals surface area contributed by atoms with Crippen LogP contribution in [0.4, 0.5) is 0 Å². The Hall–Kier alpha value is -1.65. The van der Waals surface area contributed by atoms with E-state index in [1.54, 1.807) is 0 Å². The highest BCUT2D eigenvalue weighted by Crippen LogP contribution is 2.25. The Morgan fingerprint density at radius 3 is 2.91 bits per heavy atom. The van der Waals surface area contributed by atoms with E-state index in [0.29, 0.717) is 0 Å². The molecule has 0 amide bonds. The van der Waals surface area contributed by atoms with E-state index in [-0.39, 0.29) is 12.1 Å². The summed E-state index contributed by atoms with van der Waals surface area (Å²) in [5.74, 6) is 0.869. The van der Waals surface area contributed by atoms with Gasteiger partial charge in [0.25, 0.3) is 0 Å². The lowest BCUT2D eigenvalue weighted by atomic mass is 9.96. The first kappa shape index (κ1) is 15.3. The first-order valence-corrected chi connectivity index (χ1v) is 8.21. The predicted molar refractivity (Wildman–Crippen MR) is 86.3 cm³/mol. The molecule has 2 aromatic rings. The van der Waals surface area contributed by atoms with Gasteiger partial charge >= 0.3 is 0 Å². The van der Waals surface area contributed by atoms with Gasteiger partial charge in [-0.3, -0.25) is 4.90 Å². The Morgan fingerprint density at radius 1 is 1.32 bits per heavy atom. The molecule has 1 saturated heterocycles. The van der Waals surface area contributed by atoms with Gasteiger partial charge in [0.15, 0.2) is 5.76 Å². The molecular weight excluding hydrogens is 276 g/mol. The number of hydrogen-bond donors (Lipinski definition) is 1. The fourth-order valence-electron chi connectivity index (χ4n) is 3.25. The highest BCUT2D eigenvalue weighted by atomic mass is 16.5. The van der Waals surface area contributed by atoms with Crippen LogP contribution in [-0.2, 0) is 6.54 Å². The van der Waals surface area contributed by atoms with Crippen LogP contribution in [0.2, 0.25) is 0 Å². The molecule has 1 aliphatic heterocycles. The van der Waals surface area contributed by atoms with E-state index in [1.165, 1.54) is 12.8 Å². The molecule has 2 heterocycles. The van der Waals surface area contributed by atoms with Gasteiger partial charge in [-0.2, -0.15) is 0 Å². The third-order valence-corrected chi connectivity index (χ3v) is 4.51. The molecule has 1 aliphatic rings. The van der Waals surface area contributed by atoms with E-state index >= 15 is 0 Å². The standard InChI is InChI=1S/C18H24N2O2/c1-2-18(21)17-10-6-7-11-20(17)13-15-12-16(19-22-15)14-8-4-3-5-9-14/h3-5,8-9,12,17-18,21H,2,6-7,10-11,13H2,1H3. The smallest absolute Gasteiger partial charge is 0.151 e. The van der Waals surface area contributed by atoms with Gasteiger partial charge in [-0.1, -0.05) is 48.8 Å². The van der Waals surface area contributed by atoms with Crippen LogP contribution in [0, 0.1) is 0 Å². The van der Waals surface area contributed by atoms with Crippen LogP contribution in [0.3, 0.4) is 0 Å². The number of benzene rings is 1. The van der Waals surface area contributed by atoms with Gasteiger partial charge in [-0.25, -0.2) is 0 Å². The SMILES string of the molecule is CCC(O)C1CCCCN1Cc1cc(-c2ccccc2)no1. The summed E-state index contributed by atoms with van der Waals surface area (Å²) in [5, 5.41) is 14.4. The molecule has 1 fully saturated rings. The van der Waals surface area contributed by atoms with Crippen molar-refractivity contribution >= 4 is 0 Å². The van der Waals surface area contributed by atoms with E-state index in [2.05, 4.69) is 10.1 Å². The minimum Gasteiger partial charge on any atom is -0.392 e. The van der Waals surface area contributed by atoms with Gasteiger partial charge in [-0.05, 0) is 25.8 Å². The number of piperidine rings is 1. The average Bonchev–Trinajstić information content (AvgIpc) is 3.04. The molecule has 3 rings (SSSR count). The lowest BCUT2D eigenvalue weighted by Gasteiger charge is -2.37. The quantitative estimate of drug-likeness (QED) is 0.918. The Labute approximate surface area is 131 Å². The second kappa shape index (κ2) is 7.07. The zero-order valence-corrected chi connectivity index (χ0v) is 13.1. The van der Waals surface area contributed by atoms with Gasteiger partial charge in [-0.15, -0.1) is 0 Å². The first-order valence-electron chi connectivity index (χ1n) is 8.21. The van der Waals surface area contributed by atoms with E-state index < -0.39 is 0 Å². The Balaban J connectivity index is 1.71. The molecule has 4 nitrogen and oxygen atoms in total. The normalized spacial score (nSPS) is 20.9. The van der Waals surface area contributed by atoms with Crippen molar-refractivity contribution in [2.75, 3.05) is 6.54 Å². The van der Waals surface area contributed by atoms with Crippen LogP contribution in [0.1, 0.15) is 38.4 Å². The zero-order chi connectivity index (χ0) is 15.4. The van der Waals surface area contributed by atoms with E-state index in [1.807, 2.05) is 43.3 Å². The number of aliphatic hydroxyl groups is 1. The third kappa shape index (κ3) is 3.39.